The van der Waals surface area contributed by atoms with E-state index in [1.165, 1.54) is 23.1 Å². The van der Waals surface area contributed by atoms with Crippen LogP contribution in [0.25, 0.3) is 0 Å². The summed E-state index contributed by atoms with van der Waals surface area (Å²) in [6.45, 7) is 0. The van der Waals surface area contributed by atoms with Crippen LogP contribution in [0.3, 0.4) is 0 Å². The Balaban J connectivity index is 2.15. The predicted octanol–water partition coefficient (Wildman–Crippen LogP) is 1.92. The van der Waals surface area contributed by atoms with Gasteiger partial charge in [-0.15, -0.1) is 23.1 Å². The molecule has 0 saturated carbocycles. The van der Waals surface area contributed by atoms with Gasteiger partial charge in [0.2, 0.25) is 5.91 Å². The monoisotopic (exact) mass is 309 g/mol. The van der Waals surface area contributed by atoms with Gasteiger partial charge in [-0.2, -0.15) is 5.26 Å². The number of nitriles is 1. The molecule has 0 atom stereocenters. The maximum absolute atomic E-state index is 11.8. The van der Waals surface area contributed by atoms with Gasteiger partial charge in [0.05, 0.1) is 23.1 Å². The normalized spacial score (nSPS) is 13.3. The number of hydrogen-bond acceptors (Lipinski definition) is 5. The van der Waals surface area contributed by atoms with Crippen LogP contribution in [-0.4, -0.2) is 23.3 Å². The van der Waals surface area contributed by atoms with Crippen LogP contribution in [-0.2, 0) is 17.6 Å². The number of fused-ring (bicyclic) bond motifs is 1. The quantitative estimate of drug-likeness (QED) is 0.812. The van der Waals surface area contributed by atoms with E-state index in [1.54, 1.807) is 0 Å². The summed E-state index contributed by atoms with van der Waals surface area (Å²) in [5.74, 6) is -0.207. The van der Waals surface area contributed by atoms with E-state index in [1.807, 2.05) is 6.07 Å². The third-order valence-electron chi connectivity index (χ3n) is 3.07. The molecule has 5 nitrogen and oxygen atoms in total. The minimum atomic E-state index is -0.482. The number of thioether (sulfide) groups is 1. The number of nitrogens with one attached hydrogen (secondary N) is 1. The Bertz CT molecular complexity index is 575. The van der Waals surface area contributed by atoms with Gasteiger partial charge in [0.15, 0.2) is 0 Å². The first-order chi connectivity index (χ1) is 9.63. The third kappa shape index (κ3) is 3.32. The molecule has 0 spiro atoms. The molecule has 106 valence electrons. The van der Waals surface area contributed by atoms with Crippen molar-refractivity contribution in [3.63, 3.8) is 0 Å². The molecule has 0 fully saturated rings. The molecule has 7 heteroatoms. The summed E-state index contributed by atoms with van der Waals surface area (Å²) < 4.78 is 0. The lowest BCUT2D eigenvalue weighted by Crippen LogP contribution is -2.19. The van der Waals surface area contributed by atoms with Crippen LogP contribution in [0, 0.1) is 11.3 Å². The highest BCUT2D eigenvalue weighted by Crippen LogP contribution is 2.37. The summed E-state index contributed by atoms with van der Waals surface area (Å²) in [7, 11) is 0. The molecule has 2 rings (SSSR count). The first-order valence-electron chi connectivity index (χ1n) is 6.32. The number of primary amides is 1. The molecule has 0 aliphatic heterocycles. The van der Waals surface area contributed by atoms with Crippen molar-refractivity contribution < 1.29 is 9.59 Å². The lowest BCUT2D eigenvalue weighted by Gasteiger charge is -2.11. The highest BCUT2D eigenvalue weighted by Gasteiger charge is 2.24. The van der Waals surface area contributed by atoms with E-state index in [0.29, 0.717) is 10.6 Å². The van der Waals surface area contributed by atoms with Crippen molar-refractivity contribution >= 4 is 39.9 Å². The minimum absolute atomic E-state index is 0.202. The second-order valence-electron chi connectivity index (χ2n) is 4.48. The average Bonchev–Trinajstić information content (AvgIpc) is 2.76. The van der Waals surface area contributed by atoms with Gasteiger partial charge in [-0.1, -0.05) is 0 Å². The van der Waals surface area contributed by atoms with Crippen molar-refractivity contribution in [2.45, 2.75) is 25.7 Å². The summed E-state index contributed by atoms with van der Waals surface area (Å²) in [5, 5.41) is 11.8. The summed E-state index contributed by atoms with van der Waals surface area (Å²) >= 11 is 2.70. The molecular formula is C13H15N3O2S2. The van der Waals surface area contributed by atoms with Gasteiger partial charge >= 0.3 is 0 Å². The number of amides is 2. The number of hydrogen-bond donors (Lipinski definition) is 2. The SMILES string of the molecule is N#CCSCC(=O)Nc1sc2c(c1C(N)=O)CCCC2. The van der Waals surface area contributed by atoms with Crippen LogP contribution >= 0.6 is 23.1 Å². The fourth-order valence-electron chi connectivity index (χ4n) is 2.27. The fourth-order valence-corrected chi connectivity index (χ4v) is 4.03. The zero-order chi connectivity index (χ0) is 14.5. The van der Waals surface area contributed by atoms with Crippen LogP contribution in [0.2, 0.25) is 0 Å². The molecule has 0 bridgehead atoms. The van der Waals surface area contributed by atoms with Gasteiger partial charge in [-0.05, 0) is 31.2 Å². The maximum atomic E-state index is 11.8. The van der Waals surface area contributed by atoms with E-state index in [-0.39, 0.29) is 17.4 Å². The largest absolute Gasteiger partial charge is 0.365 e. The molecule has 0 aromatic carbocycles. The molecule has 1 aromatic heterocycles. The van der Waals surface area contributed by atoms with Crippen molar-refractivity contribution in [2.75, 3.05) is 16.8 Å². The molecule has 1 heterocycles. The summed E-state index contributed by atoms with van der Waals surface area (Å²) in [4.78, 5) is 24.6. The number of nitrogens with two attached hydrogens (primary N) is 1. The van der Waals surface area contributed by atoms with Crippen molar-refractivity contribution in [1.29, 1.82) is 5.26 Å². The number of anilines is 1. The van der Waals surface area contributed by atoms with Crippen LogP contribution < -0.4 is 11.1 Å². The zero-order valence-electron chi connectivity index (χ0n) is 10.9. The van der Waals surface area contributed by atoms with Crippen molar-refractivity contribution in [2.24, 2.45) is 5.73 Å². The van der Waals surface area contributed by atoms with Gasteiger partial charge < -0.3 is 11.1 Å². The van der Waals surface area contributed by atoms with E-state index >= 15 is 0 Å². The fraction of sp³-hybridized carbons (Fsp3) is 0.462. The molecule has 2 amide bonds. The van der Waals surface area contributed by atoms with Crippen LogP contribution in [0.5, 0.6) is 0 Å². The number of carbonyl (C=O) groups is 2. The number of carbonyl (C=O) groups excluding carboxylic acids is 2. The molecule has 20 heavy (non-hydrogen) atoms. The molecular weight excluding hydrogens is 294 g/mol. The van der Waals surface area contributed by atoms with Gasteiger partial charge in [0.1, 0.15) is 5.00 Å². The molecule has 0 radical (unpaired) electrons. The third-order valence-corrected chi connectivity index (χ3v) is 5.08. The Hall–Kier alpha value is -1.52. The van der Waals surface area contributed by atoms with Crippen molar-refractivity contribution in [3.8, 4) is 6.07 Å². The first kappa shape index (κ1) is 14.9. The number of nitrogens with zero attached hydrogens (tertiary/aromatic N) is 1. The summed E-state index contributed by atoms with van der Waals surface area (Å²) in [5.41, 5.74) is 6.93. The summed E-state index contributed by atoms with van der Waals surface area (Å²) in [6.07, 6.45) is 3.95. The number of rotatable bonds is 5. The predicted molar refractivity (Wildman–Crippen MR) is 81.0 cm³/mol. The Morgan fingerprint density at radius 3 is 2.85 bits per heavy atom. The number of thiophene rings is 1. The Morgan fingerprint density at radius 2 is 2.15 bits per heavy atom. The lowest BCUT2D eigenvalue weighted by atomic mass is 9.95. The lowest BCUT2D eigenvalue weighted by molar-refractivity contribution is -0.113. The summed E-state index contributed by atoms with van der Waals surface area (Å²) in [6, 6.07) is 1.97. The Kier molecular flexibility index (Phi) is 5.04. The van der Waals surface area contributed by atoms with E-state index in [9.17, 15) is 9.59 Å². The minimum Gasteiger partial charge on any atom is -0.365 e. The van der Waals surface area contributed by atoms with Crippen LogP contribution in [0.15, 0.2) is 0 Å². The standard InChI is InChI=1S/C13H15N3O2S2/c14-5-6-19-7-10(17)16-13-11(12(15)18)8-3-1-2-4-9(8)20-13/h1-4,6-7H2,(H2,15,18)(H,16,17). The van der Waals surface area contributed by atoms with E-state index < -0.39 is 5.91 Å². The average molecular weight is 309 g/mol. The first-order valence-corrected chi connectivity index (χ1v) is 8.29. The van der Waals surface area contributed by atoms with E-state index in [2.05, 4.69) is 5.32 Å². The van der Waals surface area contributed by atoms with Gasteiger partial charge in [-0.3, -0.25) is 9.59 Å². The van der Waals surface area contributed by atoms with Gasteiger partial charge in [-0.25, -0.2) is 0 Å². The Morgan fingerprint density at radius 1 is 1.40 bits per heavy atom. The topological polar surface area (TPSA) is 96.0 Å². The van der Waals surface area contributed by atoms with E-state index in [4.69, 9.17) is 11.0 Å². The van der Waals surface area contributed by atoms with Gasteiger partial charge in [0.25, 0.3) is 5.91 Å². The molecule has 1 aromatic rings. The maximum Gasteiger partial charge on any atom is 0.251 e. The van der Waals surface area contributed by atoms with Crippen LogP contribution in [0.4, 0.5) is 5.00 Å². The highest BCUT2D eigenvalue weighted by atomic mass is 32.2. The molecule has 1 aliphatic carbocycles. The molecule has 0 unspecified atom stereocenters. The van der Waals surface area contributed by atoms with Crippen molar-refractivity contribution in [3.05, 3.63) is 16.0 Å². The molecule has 0 saturated heterocycles. The Labute approximate surface area is 125 Å². The van der Waals surface area contributed by atoms with Gasteiger partial charge in [0, 0.05) is 4.88 Å². The van der Waals surface area contributed by atoms with Crippen molar-refractivity contribution in [1.82, 2.24) is 0 Å². The zero-order valence-corrected chi connectivity index (χ0v) is 12.5. The smallest absolute Gasteiger partial charge is 0.251 e. The van der Waals surface area contributed by atoms with E-state index in [0.717, 1.165) is 36.1 Å². The second-order valence-corrected chi connectivity index (χ2v) is 6.57. The highest BCUT2D eigenvalue weighted by molar-refractivity contribution is 8.00. The second kappa shape index (κ2) is 6.77. The number of aryl methyl sites for hydroxylation is 1. The molecule has 3 N–H and O–H groups in total. The molecule has 1 aliphatic rings. The van der Waals surface area contributed by atoms with Crippen LogP contribution in [0.1, 0.15) is 33.6 Å².